The Morgan fingerprint density at radius 3 is 0.781 bits per heavy atom. The molecule has 1 aliphatic carbocycles. The predicted octanol–water partition coefficient (Wildman–Crippen LogP) is 9.87. The van der Waals surface area contributed by atoms with Gasteiger partial charge in [-0.15, -0.1) is 6.42 Å². The second kappa shape index (κ2) is 21.7. The van der Waals surface area contributed by atoms with Gasteiger partial charge in [0, 0.05) is 92.4 Å². The van der Waals surface area contributed by atoms with Crippen LogP contribution in [0.4, 0.5) is 0 Å². The number of terminal acetylenes is 1. The fourth-order valence-corrected chi connectivity index (χ4v) is 7.42. The first-order valence-electron chi connectivity index (χ1n) is 22.7. The Hall–Kier alpha value is -5.80. The zero-order chi connectivity index (χ0) is 46.7. The molecule has 64 heavy (non-hydrogen) atoms. The van der Waals surface area contributed by atoms with E-state index in [1.54, 1.807) is 41.5 Å². The van der Waals surface area contributed by atoms with Crippen LogP contribution in [-0.4, -0.2) is 58.6 Å². The van der Waals surface area contributed by atoms with Gasteiger partial charge >= 0.3 is 0 Å². The van der Waals surface area contributed by atoms with E-state index in [1.165, 1.54) is 0 Å². The Bertz CT molecular complexity index is 2390. The molecule has 7 heteroatoms. The minimum Gasteiger partial charge on any atom is -0.493 e. The van der Waals surface area contributed by atoms with Crippen LogP contribution in [-0.2, 0) is 25.7 Å². The molecule has 0 fully saturated rings. The fourth-order valence-electron chi connectivity index (χ4n) is 7.42. The van der Waals surface area contributed by atoms with Crippen LogP contribution in [0.3, 0.4) is 0 Å². The van der Waals surface area contributed by atoms with Crippen molar-refractivity contribution >= 4 is 0 Å². The van der Waals surface area contributed by atoms with Gasteiger partial charge in [0.05, 0.1) is 26.4 Å². The fraction of sp³-hybridized carbons (Fsp3) is 0.439. The minimum absolute atomic E-state index is 0.393. The number of rotatable bonds is 12. The summed E-state index contributed by atoms with van der Waals surface area (Å²) in [6, 6.07) is 16.3. The monoisotopic (exact) mass is 862 g/mol. The molecule has 8 bridgehead atoms. The highest BCUT2D eigenvalue weighted by atomic mass is 16.5. The zero-order valence-electron chi connectivity index (χ0n) is 39.7. The van der Waals surface area contributed by atoms with E-state index in [4.69, 9.17) is 25.4 Å². The summed E-state index contributed by atoms with van der Waals surface area (Å²) in [4.78, 5) is 0. The second-order valence-electron chi connectivity index (χ2n) is 18.2. The van der Waals surface area contributed by atoms with Crippen LogP contribution < -0.4 is 18.9 Å². The van der Waals surface area contributed by atoms with Crippen molar-refractivity contribution in [2.45, 2.75) is 137 Å². The number of aliphatic hydroxyl groups is 3. The number of ether oxygens (including phenoxy) is 4. The first kappa shape index (κ1) is 49.2. The lowest BCUT2D eigenvalue weighted by Crippen LogP contribution is -2.15. The highest BCUT2D eigenvalue weighted by Crippen LogP contribution is 2.41. The zero-order valence-corrected chi connectivity index (χ0v) is 39.7. The summed E-state index contributed by atoms with van der Waals surface area (Å²) in [5.74, 6) is 24.7. The molecule has 0 aliphatic heterocycles. The maximum absolute atomic E-state index is 10.8. The summed E-state index contributed by atoms with van der Waals surface area (Å²) < 4.78 is 27.0. The Balaban J connectivity index is 2.00. The summed E-state index contributed by atoms with van der Waals surface area (Å²) in [7, 11) is 0. The standard InChI is InChI=1S/C57H66O7/c1-12-23-61-51-43-27-39(16-5)28-44(51)36-46-30-41(18-21-56(8,9)59)32-48(53(46)63-25-14-3)38-50-34-42(19-22-57(10,11)60)33-49(54(50)64-26-15-4)37-47-31-40(17-20-55(6,7)58)29-45(35-43)52(47)62-24-13-2/h5,27-34,58-60H,12-15,23-26,35-38H2,1-4,6-11H3. The second-order valence-corrected chi connectivity index (χ2v) is 18.2. The van der Waals surface area contributed by atoms with Crippen LogP contribution in [0.15, 0.2) is 48.5 Å². The van der Waals surface area contributed by atoms with Gasteiger partial charge in [-0.05, 0) is 116 Å². The molecule has 4 aromatic carbocycles. The first-order valence-corrected chi connectivity index (χ1v) is 22.7. The first-order chi connectivity index (χ1) is 30.3. The molecule has 4 aromatic rings. The van der Waals surface area contributed by atoms with Gasteiger partial charge in [0.1, 0.15) is 39.8 Å². The Labute approximate surface area is 382 Å². The number of hydrogen-bond donors (Lipinski definition) is 3. The van der Waals surface area contributed by atoms with Crippen molar-refractivity contribution in [2.24, 2.45) is 0 Å². The van der Waals surface area contributed by atoms with Gasteiger partial charge in [0.2, 0.25) is 0 Å². The van der Waals surface area contributed by atoms with Gasteiger partial charge in [0.15, 0.2) is 0 Å². The number of fused-ring (bicyclic) bond motifs is 8. The van der Waals surface area contributed by atoms with Crippen molar-refractivity contribution < 1.29 is 34.3 Å². The molecule has 336 valence electrons. The highest BCUT2D eigenvalue weighted by Gasteiger charge is 2.25. The molecule has 0 unspecified atom stereocenters. The van der Waals surface area contributed by atoms with Crippen LogP contribution >= 0.6 is 0 Å². The van der Waals surface area contributed by atoms with Crippen LogP contribution in [0.25, 0.3) is 0 Å². The Morgan fingerprint density at radius 1 is 0.406 bits per heavy atom. The van der Waals surface area contributed by atoms with Gasteiger partial charge in [-0.25, -0.2) is 0 Å². The maximum Gasteiger partial charge on any atom is 0.126 e. The summed E-state index contributed by atoms with van der Waals surface area (Å²) >= 11 is 0. The molecule has 0 amide bonds. The average Bonchev–Trinajstić information content (AvgIpc) is 3.21. The largest absolute Gasteiger partial charge is 0.493 e. The smallest absolute Gasteiger partial charge is 0.126 e. The molecule has 0 radical (unpaired) electrons. The average molecular weight is 863 g/mol. The molecule has 0 spiro atoms. The third kappa shape index (κ3) is 14.1. The lowest BCUT2D eigenvalue weighted by Gasteiger charge is -2.24. The van der Waals surface area contributed by atoms with E-state index in [9.17, 15) is 15.3 Å². The topological polar surface area (TPSA) is 97.6 Å². The molecular weight excluding hydrogens is 797 g/mol. The van der Waals surface area contributed by atoms with Gasteiger partial charge in [-0.2, -0.15) is 0 Å². The summed E-state index contributed by atoms with van der Waals surface area (Å²) in [6.07, 6.45) is 11.0. The van der Waals surface area contributed by atoms with E-state index in [0.717, 1.165) is 110 Å². The minimum atomic E-state index is -1.23. The lowest BCUT2D eigenvalue weighted by atomic mass is 9.88. The summed E-state index contributed by atoms with van der Waals surface area (Å²) in [6.45, 7) is 20.3. The van der Waals surface area contributed by atoms with Crippen molar-refractivity contribution in [3.8, 4) is 70.9 Å². The van der Waals surface area contributed by atoms with Crippen molar-refractivity contribution in [3.05, 3.63) is 115 Å². The Morgan fingerprint density at radius 2 is 0.609 bits per heavy atom. The van der Waals surface area contributed by atoms with E-state index >= 15 is 0 Å². The van der Waals surface area contributed by atoms with Crippen molar-refractivity contribution in [3.63, 3.8) is 0 Å². The van der Waals surface area contributed by atoms with Crippen LogP contribution in [0, 0.1) is 47.9 Å². The molecule has 0 heterocycles. The SMILES string of the molecule is C#Cc1cc2c(OCCC)c(c1)Cc1cc(C#CC(C)(C)O)cc(c1OCCC)Cc1cc(C#CC(C)(C)O)cc(c1OCCC)Cc1cc(C#CC(C)(C)O)cc(c1OCCC)C2. The molecule has 3 N–H and O–H groups in total. The van der Waals surface area contributed by atoms with Crippen LogP contribution in [0.1, 0.15) is 162 Å². The van der Waals surface area contributed by atoms with Crippen LogP contribution in [0.5, 0.6) is 23.0 Å². The van der Waals surface area contributed by atoms with Crippen LogP contribution in [0.2, 0.25) is 0 Å². The van der Waals surface area contributed by atoms with Gasteiger partial charge in [0.25, 0.3) is 0 Å². The van der Waals surface area contributed by atoms with Crippen molar-refractivity contribution in [1.82, 2.24) is 0 Å². The highest BCUT2D eigenvalue weighted by molar-refractivity contribution is 5.62. The predicted molar refractivity (Wildman–Crippen MR) is 258 cm³/mol. The maximum atomic E-state index is 10.8. The molecule has 7 nitrogen and oxygen atoms in total. The molecule has 1 aliphatic rings. The lowest BCUT2D eigenvalue weighted by molar-refractivity contribution is 0.143. The molecule has 0 aromatic heterocycles. The molecule has 5 rings (SSSR count). The normalized spacial score (nSPS) is 12.3. The molecule has 0 atom stereocenters. The summed E-state index contributed by atoms with van der Waals surface area (Å²) in [5.41, 5.74) is 6.35. The van der Waals surface area contributed by atoms with E-state index in [1.807, 2.05) is 48.5 Å². The van der Waals surface area contributed by atoms with E-state index in [0.29, 0.717) is 57.7 Å². The Kier molecular flexibility index (Phi) is 16.7. The van der Waals surface area contributed by atoms with Crippen molar-refractivity contribution in [2.75, 3.05) is 26.4 Å². The van der Waals surface area contributed by atoms with Gasteiger partial charge in [-0.3, -0.25) is 0 Å². The quantitative estimate of drug-likeness (QED) is 0.108. The number of hydrogen-bond acceptors (Lipinski definition) is 7. The third-order valence-corrected chi connectivity index (χ3v) is 10.0. The molecule has 0 saturated carbocycles. The van der Waals surface area contributed by atoms with E-state index in [2.05, 4.69) is 69.1 Å². The number of benzene rings is 4. The van der Waals surface area contributed by atoms with E-state index < -0.39 is 16.8 Å². The third-order valence-electron chi connectivity index (χ3n) is 10.0. The molecular formula is C57H66O7. The molecule has 0 saturated heterocycles. The van der Waals surface area contributed by atoms with E-state index in [-0.39, 0.29) is 0 Å². The van der Waals surface area contributed by atoms with Crippen molar-refractivity contribution in [1.29, 1.82) is 0 Å². The van der Waals surface area contributed by atoms with Gasteiger partial charge < -0.3 is 34.3 Å². The summed E-state index contributed by atoms with van der Waals surface area (Å²) in [5, 5.41) is 32.2. The van der Waals surface area contributed by atoms with Gasteiger partial charge in [-0.1, -0.05) is 69.1 Å².